The minimum Gasteiger partial charge on any atom is -0.369 e. The van der Waals surface area contributed by atoms with Crippen molar-refractivity contribution < 1.29 is 4.79 Å². The van der Waals surface area contributed by atoms with Crippen LogP contribution in [-0.4, -0.2) is 47.8 Å². The average Bonchev–Trinajstić information content (AvgIpc) is 2.75. The average molecular weight is 423 g/mol. The Balaban J connectivity index is 1.48. The summed E-state index contributed by atoms with van der Waals surface area (Å²) in [7, 11) is 3.70. The first-order valence-electron chi connectivity index (χ1n) is 10.4. The van der Waals surface area contributed by atoms with Crippen LogP contribution in [0.1, 0.15) is 41.6 Å². The van der Waals surface area contributed by atoms with Gasteiger partial charge in [0.25, 0.3) is 5.91 Å². The van der Waals surface area contributed by atoms with Crippen molar-refractivity contribution in [3.05, 3.63) is 76.5 Å². The maximum Gasteiger partial charge on any atom is 0.252 e. The van der Waals surface area contributed by atoms with Crippen molar-refractivity contribution in [3.8, 4) is 0 Å². The van der Waals surface area contributed by atoms with E-state index in [2.05, 4.69) is 27.5 Å². The van der Waals surface area contributed by atoms with Crippen LogP contribution in [0.4, 0.5) is 5.69 Å². The molecule has 2 aromatic rings. The first-order valence-corrected chi connectivity index (χ1v) is 10.4. The van der Waals surface area contributed by atoms with Crippen molar-refractivity contribution in [2.75, 3.05) is 19.4 Å². The van der Waals surface area contributed by atoms with Gasteiger partial charge < -0.3 is 25.8 Å². The molecule has 1 aliphatic rings. The van der Waals surface area contributed by atoms with Crippen molar-refractivity contribution in [1.29, 1.82) is 5.41 Å². The van der Waals surface area contributed by atoms with E-state index in [1.54, 1.807) is 4.90 Å². The van der Waals surface area contributed by atoms with Crippen molar-refractivity contribution in [2.45, 2.75) is 37.8 Å². The third-order valence-electron chi connectivity index (χ3n) is 5.40. The van der Waals surface area contributed by atoms with Crippen molar-refractivity contribution in [3.63, 3.8) is 0 Å². The number of hydrogen-bond donors (Lipinski definition) is 5. The number of amides is 1. The van der Waals surface area contributed by atoms with Gasteiger partial charge in [-0.15, -0.1) is 0 Å². The number of para-hydroxylation sites is 1. The Kier molecular flexibility index (Phi) is 7.12. The number of nitrogens with one attached hydrogen (secondary N) is 5. The van der Waals surface area contributed by atoms with Crippen LogP contribution in [0.15, 0.2) is 59.8 Å². The van der Waals surface area contributed by atoms with E-state index in [1.807, 2.05) is 38.4 Å². The van der Waals surface area contributed by atoms with E-state index >= 15 is 0 Å². The number of carbonyl (C=O) groups excluding carboxylic acids is 1. The second kappa shape index (κ2) is 9.97. The predicted molar refractivity (Wildman–Crippen MR) is 123 cm³/mol. The molecule has 164 valence electrons. The molecule has 1 aliphatic carbocycles. The van der Waals surface area contributed by atoms with Gasteiger partial charge in [-0.05, 0) is 43.9 Å². The number of amidine groups is 1. The number of carbonyl (C=O) groups is 1. The quantitative estimate of drug-likeness (QED) is 0.348. The Morgan fingerprint density at radius 2 is 1.71 bits per heavy atom. The van der Waals surface area contributed by atoms with Crippen molar-refractivity contribution in [2.24, 2.45) is 0 Å². The van der Waals surface area contributed by atoms with Crippen LogP contribution in [-0.2, 0) is 0 Å². The summed E-state index contributed by atoms with van der Waals surface area (Å²) in [6.07, 6.45) is 4.98. The van der Waals surface area contributed by atoms with Gasteiger partial charge >= 0.3 is 0 Å². The highest BCUT2D eigenvalue weighted by Crippen LogP contribution is 2.21. The van der Waals surface area contributed by atoms with E-state index in [4.69, 9.17) is 5.41 Å². The van der Waals surface area contributed by atoms with Gasteiger partial charge in [-0.1, -0.05) is 18.7 Å². The second-order valence-electron chi connectivity index (χ2n) is 8.00. The van der Waals surface area contributed by atoms with Gasteiger partial charge in [0.05, 0.1) is 17.1 Å². The zero-order chi connectivity index (χ0) is 22.4. The van der Waals surface area contributed by atoms with Gasteiger partial charge in [0.1, 0.15) is 5.84 Å². The number of nitrogens with zero attached hydrogens (tertiary/aromatic N) is 1. The fourth-order valence-corrected chi connectivity index (χ4v) is 3.69. The highest BCUT2D eigenvalue weighted by molar-refractivity contribution is 6.01. The molecule has 1 heterocycles. The molecule has 8 heteroatoms. The zero-order valence-electron chi connectivity index (χ0n) is 18.0. The number of hydrogen-bond acceptors (Lipinski definition) is 5. The normalized spacial score (nSPS) is 18.0. The van der Waals surface area contributed by atoms with Crippen molar-refractivity contribution >= 4 is 17.4 Å². The minimum atomic E-state index is -0.224. The van der Waals surface area contributed by atoms with E-state index in [0.717, 1.165) is 36.9 Å². The van der Waals surface area contributed by atoms with Crippen LogP contribution in [0.2, 0.25) is 0 Å². The molecular formula is C23H30N6O2. The molecule has 1 aromatic carbocycles. The molecule has 1 aromatic heterocycles. The van der Waals surface area contributed by atoms with E-state index < -0.39 is 0 Å². The second-order valence-corrected chi connectivity index (χ2v) is 8.00. The van der Waals surface area contributed by atoms with E-state index in [-0.39, 0.29) is 23.6 Å². The van der Waals surface area contributed by atoms with E-state index in [9.17, 15) is 9.59 Å². The third kappa shape index (κ3) is 5.97. The fraction of sp³-hybridized carbons (Fsp3) is 0.348. The maximum atomic E-state index is 12.3. The Morgan fingerprint density at radius 3 is 2.32 bits per heavy atom. The Bertz CT molecular complexity index is 985. The minimum absolute atomic E-state index is 0.111. The molecule has 31 heavy (non-hydrogen) atoms. The molecule has 0 unspecified atom stereocenters. The van der Waals surface area contributed by atoms with Crippen LogP contribution >= 0.6 is 0 Å². The highest BCUT2D eigenvalue weighted by atomic mass is 16.2. The molecule has 1 saturated carbocycles. The largest absolute Gasteiger partial charge is 0.369 e. The predicted octanol–water partition coefficient (Wildman–Crippen LogP) is 2.48. The number of benzene rings is 1. The summed E-state index contributed by atoms with van der Waals surface area (Å²) in [6, 6.07) is 11.0. The molecule has 0 spiro atoms. The molecule has 8 nitrogen and oxygen atoms in total. The smallest absolute Gasteiger partial charge is 0.252 e. The number of anilines is 1. The Morgan fingerprint density at radius 1 is 1.06 bits per heavy atom. The van der Waals surface area contributed by atoms with Gasteiger partial charge in [0.2, 0.25) is 5.56 Å². The van der Waals surface area contributed by atoms with Gasteiger partial charge in [-0.3, -0.25) is 15.0 Å². The summed E-state index contributed by atoms with van der Waals surface area (Å²) in [5.74, 6) is 0.952. The molecule has 3 rings (SSSR count). The highest BCUT2D eigenvalue weighted by Gasteiger charge is 2.23. The lowest BCUT2D eigenvalue weighted by Crippen LogP contribution is -2.42. The summed E-state index contributed by atoms with van der Waals surface area (Å²) in [5, 5.41) is 18.0. The molecule has 5 N–H and O–H groups in total. The Hall–Kier alpha value is -3.55. The number of pyridine rings is 1. The van der Waals surface area contributed by atoms with Crippen LogP contribution in [0.5, 0.6) is 0 Å². The van der Waals surface area contributed by atoms with Crippen LogP contribution in [0.25, 0.3) is 0 Å². The molecule has 0 aliphatic heterocycles. The van der Waals surface area contributed by atoms with Crippen LogP contribution < -0.4 is 21.5 Å². The molecule has 0 atom stereocenters. The lowest BCUT2D eigenvalue weighted by Gasteiger charge is -2.31. The lowest BCUT2D eigenvalue weighted by molar-refractivity contribution is 0.0924. The van der Waals surface area contributed by atoms with Crippen LogP contribution in [0.3, 0.4) is 0 Å². The van der Waals surface area contributed by atoms with Gasteiger partial charge in [0, 0.05) is 44.0 Å². The summed E-state index contributed by atoms with van der Waals surface area (Å²) < 4.78 is 0. The fourth-order valence-electron chi connectivity index (χ4n) is 3.69. The number of aromatic amines is 1. The molecule has 0 radical (unpaired) electrons. The zero-order valence-corrected chi connectivity index (χ0v) is 18.0. The third-order valence-corrected chi connectivity index (χ3v) is 5.40. The van der Waals surface area contributed by atoms with Gasteiger partial charge in [0.15, 0.2) is 0 Å². The molecule has 1 amide bonds. The molecule has 0 bridgehead atoms. The first-order chi connectivity index (χ1) is 14.8. The summed E-state index contributed by atoms with van der Waals surface area (Å²) in [4.78, 5) is 27.8. The number of aromatic nitrogens is 1. The molecule has 1 fully saturated rings. The van der Waals surface area contributed by atoms with E-state index in [0.29, 0.717) is 17.2 Å². The summed E-state index contributed by atoms with van der Waals surface area (Å²) in [5.41, 5.74) is 1.88. The Labute approximate surface area is 182 Å². The van der Waals surface area contributed by atoms with Gasteiger partial charge in [-0.25, -0.2) is 0 Å². The number of H-pyrrole nitrogens is 1. The van der Waals surface area contributed by atoms with Crippen LogP contribution in [0, 0.1) is 5.41 Å². The standard InChI is InChI=1S/C23H30N6O2/c1-15(27-20-7-5-4-6-19(20)22(24)29(2)3)26-17-9-11-18(12-10-17)28-23(31)16-8-13-21(30)25-14-16/h4-8,13-14,17-18,24,26-27H,1,9-12H2,2-3H3,(H,25,30)(H,28,31). The lowest BCUT2D eigenvalue weighted by atomic mass is 9.91. The van der Waals surface area contributed by atoms with Crippen molar-refractivity contribution in [1.82, 2.24) is 20.5 Å². The summed E-state index contributed by atoms with van der Waals surface area (Å²) >= 11 is 0. The maximum absolute atomic E-state index is 12.3. The number of rotatable bonds is 7. The first kappa shape index (κ1) is 22.1. The molecular weight excluding hydrogens is 392 g/mol. The molecule has 0 saturated heterocycles. The van der Waals surface area contributed by atoms with E-state index in [1.165, 1.54) is 18.3 Å². The summed E-state index contributed by atoms with van der Waals surface area (Å²) in [6.45, 7) is 4.10. The topological polar surface area (TPSA) is 113 Å². The SMILES string of the molecule is C=C(Nc1ccccc1C(=N)N(C)C)NC1CCC(NC(=O)c2ccc(=O)[nH]c2)CC1. The van der Waals surface area contributed by atoms with Gasteiger partial charge in [-0.2, -0.15) is 0 Å². The monoisotopic (exact) mass is 422 g/mol.